The Kier molecular flexibility index (Phi) is 5.67. The van der Waals surface area contributed by atoms with Crippen LogP contribution in [0.3, 0.4) is 0 Å². The molecule has 144 valence electrons. The number of carbonyl (C=O) groups is 1. The molecule has 0 aromatic heterocycles. The summed E-state index contributed by atoms with van der Waals surface area (Å²) in [4.78, 5) is 14.4. The Morgan fingerprint density at radius 2 is 1.63 bits per heavy atom. The second kappa shape index (κ2) is 7.98. The second-order valence-electron chi connectivity index (χ2n) is 6.33. The molecular weight excluding hydrogens is 366 g/mol. The number of carbonyl (C=O) groups excluding carboxylic acids is 1. The predicted molar refractivity (Wildman–Crippen MR) is 104 cm³/mol. The summed E-state index contributed by atoms with van der Waals surface area (Å²) < 4.78 is 32.1. The highest BCUT2D eigenvalue weighted by molar-refractivity contribution is 7.89. The number of para-hydroxylation sites is 2. The lowest BCUT2D eigenvalue weighted by Crippen LogP contribution is -2.51. The Hall–Kier alpha value is -2.58. The van der Waals surface area contributed by atoms with Crippen LogP contribution >= 0.6 is 0 Å². The number of benzene rings is 2. The lowest BCUT2D eigenvalue weighted by molar-refractivity contribution is 0.184. The number of ether oxygens (including phenoxy) is 1. The van der Waals surface area contributed by atoms with E-state index in [-0.39, 0.29) is 24.0 Å². The normalized spacial score (nSPS) is 15.4. The van der Waals surface area contributed by atoms with E-state index >= 15 is 0 Å². The number of hydrogen-bond donors (Lipinski definition) is 1. The molecule has 0 unspecified atom stereocenters. The summed E-state index contributed by atoms with van der Waals surface area (Å²) >= 11 is 0. The molecule has 27 heavy (non-hydrogen) atoms. The van der Waals surface area contributed by atoms with Crippen molar-refractivity contribution in [2.45, 2.75) is 11.8 Å². The molecule has 1 heterocycles. The molecule has 1 fully saturated rings. The number of rotatable bonds is 4. The molecule has 2 aromatic carbocycles. The third-order valence-electron chi connectivity index (χ3n) is 4.53. The van der Waals surface area contributed by atoms with Gasteiger partial charge in [-0.3, -0.25) is 0 Å². The highest BCUT2D eigenvalue weighted by Gasteiger charge is 2.30. The van der Waals surface area contributed by atoms with Gasteiger partial charge in [-0.25, -0.2) is 13.2 Å². The fraction of sp³-hybridized carbons (Fsp3) is 0.316. The number of piperazine rings is 1. The standard InChI is InChI=1S/C19H23N3O4S/c1-15-7-9-16(10-8-15)27(24,25)22-13-11-21(12-14-22)19(23)20-17-5-3-4-6-18(17)26-2/h3-10H,11-14H2,1-2H3,(H,20,23). The van der Waals surface area contributed by atoms with Gasteiger partial charge in [-0.2, -0.15) is 4.31 Å². The summed E-state index contributed by atoms with van der Waals surface area (Å²) in [6, 6.07) is 13.7. The smallest absolute Gasteiger partial charge is 0.322 e. The lowest BCUT2D eigenvalue weighted by atomic mass is 10.2. The van der Waals surface area contributed by atoms with E-state index in [1.165, 1.54) is 4.31 Å². The van der Waals surface area contributed by atoms with Gasteiger partial charge in [0.15, 0.2) is 0 Å². The lowest BCUT2D eigenvalue weighted by Gasteiger charge is -2.34. The Bertz CT molecular complexity index is 905. The molecule has 1 aliphatic heterocycles. The molecule has 3 rings (SSSR count). The zero-order valence-corrected chi connectivity index (χ0v) is 16.2. The topological polar surface area (TPSA) is 79.0 Å². The van der Waals surface area contributed by atoms with Crippen LogP contribution in [0.5, 0.6) is 5.75 Å². The second-order valence-corrected chi connectivity index (χ2v) is 8.27. The van der Waals surface area contributed by atoms with Crippen molar-refractivity contribution in [3.8, 4) is 5.75 Å². The first-order chi connectivity index (χ1) is 12.9. The molecule has 1 N–H and O–H groups in total. The van der Waals surface area contributed by atoms with Gasteiger partial charge in [0.05, 0.1) is 17.7 Å². The maximum absolute atomic E-state index is 12.7. The predicted octanol–water partition coefficient (Wildman–Crippen LogP) is 2.54. The SMILES string of the molecule is COc1ccccc1NC(=O)N1CCN(S(=O)(=O)c2ccc(C)cc2)CC1. The molecule has 0 bridgehead atoms. The highest BCUT2D eigenvalue weighted by Crippen LogP contribution is 2.24. The van der Waals surface area contributed by atoms with Gasteiger partial charge in [-0.15, -0.1) is 0 Å². The van der Waals surface area contributed by atoms with Gasteiger partial charge in [0.25, 0.3) is 0 Å². The van der Waals surface area contributed by atoms with E-state index in [4.69, 9.17) is 4.74 Å². The third kappa shape index (κ3) is 4.23. The molecule has 8 heteroatoms. The molecule has 0 saturated carbocycles. The van der Waals surface area contributed by atoms with E-state index in [9.17, 15) is 13.2 Å². The van der Waals surface area contributed by atoms with Crippen LogP contribution < -0.4 is 10.1 Å². The Morgan fingerprint density at radius 1 is 1.00 bits per heavy atom. The van der Waals surface area contributed by atoms with Crippen molar-refractivity contribution in [3.05, 3.63) is 54.1 Å². The number of amides is 2. The fourth-order valence-corrected chi connectivity index (χ4v) is 4.36. The number of sulfonamides is 1. The number of methoxy groups -OCH3 is 1. The Labute approximate surface area is 159 Å². The molecule has 0 atom stereocenters. The molecule has 1 aliphatic rings. The quantitative estimate of drug-likeness (QED) is 0.872. The van der Waals surface area contributed by atoms with Gasteiger partial charge < -0.3 is 15.0 Å². The molecule has 2 aromatic rings. The molecule has 0 radical (unpaired) electrons. The summed E-state index contributed by atoms with van der Waals surface area (Å²) in [5, 5.41) is 2.82. The summed E-state index contributed by atoms with van der Waals surface area (Å²) in [5.41, 5.74) is 1.59. The van der Waals surface area contributed by atoms with Crippen LogP contribution in [0.1, 0.15) is 5.56 Å². The van der Waals surface area contributed by atoms with Crippen LogP contribution in [0.25, 0.3) is 0 Å². The van der Waals surface area contributed by atoms with Gasteiger partial charge in [0.1, 0.15) is 5.75 Å². The van der Waals surface area contributed by atoms with E-state index in [2.05, 4.69) is 5.32 Å². The average Bonchev–Trinajstić information content (AvgIpc) is 2.69. The van der Waals surface area contributed by atoms with Gasteiger partial charge in [-0.05, 0) is 31.2 Å². The first-order valence-electron chi connectivity index (χ1n) is 8.67. The van der Waals surface area contributed by atoms with Gasteiger partial charge >= 0.3 is 6.03 Å². The maximum atomic E-state index is 12.7. The minimum absolute atomic E-state index is 0.259. The fourth-order valence-electron chi connectivity index (χ4n) is 2.93. The minimum atomic E-state index is -3.54. The van der Waals surface area contributed by atoms with Crippen molar-refractivity contribution in [1.82, 2.24) is 9.21 Å². The van der Waals surface area contributed by atoms with E-state index in [1.54, 1.807) is 48.4 Å². The summed E-state index contributed by atoms with van der Waals surface area (Å²) in [7, 11) is -2.00. The monoisotopic (exact) mass is 389 g/mol. The van der Waals surface area contributed by atoms with Crippen LogP contribution in [-0.2, 0) is 10.0 Å². The van der Waals surface area contributed by atoms with Crippen LogP contribution in [0.4, 0.5) is 10.5 Å². The van der Waals surface area contributed by atoms with Crippen molar-refractivity contribution >= 4 is 21.7 Å². The zero-order valence-electron chi connectivity index (χ0n) is 15.4. The van der Waals surface area contributed by atoms with Crippen molar-refractivity contribution < 1.29 is 17.9 Å². The van der Waals surface area contributed by atoms with Crippen LogP contribution in [-0.4, -0.2) is 56.9 Å². The van der Waals surface area contributed by atoms with Crippen molar-refractivity contribution in [2.75, 3.05) is 38.6 Å². The van der Waals surface area contributed by atoms with E-state index in [0.29, 0.717) is 24.5 Å². The zero-order chi connectivity index (χ0) is 19.4. The van der Waals surface area contributed by atoms with Crippen molar-refractivity contribution in [3.63, 3.8) is 0 Å². The molecular formula is C19H23N3O4S. The number of aryl methyl sites for hydroxylation is 1. The first kappa shape index (κ1) is 19.2. The van der Waals surface area contributed by atoms with E-state index in [0.717, 1.165) is 5.56 Å². The number of anilines is 1. The number of urea groups is 1. The highest BCUT2D eigenvalue weighted by atomic mass is 32.2. The van der Waals surface area contributed by atoms with E-state index < -0.39 is 10.0 Å². The van der Waals surface area contributed by atoms with Crippen molar-refractivity contribution in [1.29, 1.82) is 0 Å². The number of nitrogens with zero attached hydrogens (tertiary/aromatic N) is 2. The summed E-state index contributed by atoms with van der Waals surface area (Å²) in [5.74, 6) is 0.575. The largest absolute Gasteiger partial charge is 0.495 e. The van der Waals surface area contributed by atoms with E-state index in [1.807, 2.05) is 19.1 Å². The first-order valence-corrected chi connectivity index (χ1v) is 10.1. The molecule has 0 spiro atoms. The minimum Gasteiger partial charge on any atom is -0.495 e. The summed E-state index contributed by atoms with van der Waals surface area (Å²) in [6.45, 7) is 3.08. The maximum Gasteiger partial charge on any atom is 0.322 e. The molecule has 7 nitrogen and oxygen atoms in total. The molecule has 0 aliphatic carbocycles. The Balaban J connectivity index is 1.63. The van der Waals surface area contributed by atoms with Crippen LogP contribution in [0, 0.1) is 6.92 Å². The van der Waals surface area contributed by atoms with Gasteiger partial charge in [0, 0.05) is 26.2 Å². The van der Waals surface area contributed by atoms with Gasteiger partial charge in [0.2, 0.25) is 10.0 Å². The molecule has 2 amide bonds. The number of hydrogen-bond acceptors (Lipinski definition) is 4. The average molecular weight is 389 g/mol. The van der Waals surface area contributed by atoms with Crippen LogP contribution in [0.15, 0.2) is 53.4 Å². The number of nitrogens with one attached hydrogen (secondary N) is 1. The molecule has 1 saturated heterocycles. The van der Waals surface area contributed by atoms with Gasteiger partial charge in [-0.1, -0.05) is 29.8 Å². The summed E-state index contributed by atoms with van der Waals surface area (Å²) in [6.07, 6.45) is 0. The third-order valence-corrected chi connectivity index (χ3v) is 6.45. The Morgan fingerprint density at radius 3 is 2.26 bits per heavy atom. The van der Waals surface area contributed by atoms with Crippen molar-refractivity contribution in [2.24, 2.45) is 0 Å². The van der Waals surface area contributed by atoms with Crippen LogP contribution in [0.2, 0.25) is 0 Å².